The molecule has 5 N–H and O–H groups in total. The van der Waals surface area contributed by atoms with E-state index in [-0.39, 0.29) is 28.0 Å². The molecule has 17 heteroatoms. The lowest BCUT2D eigenvalue weighted by atomic mass is 10.0. The van der Waals surface area contributed by atoms with Crippen LogP contribution in [0.1, 0.15) is 5.69 Å². The zero-order valence-corrected chi connectivity index (χ0v) is 21.4. The van der Waals surface area contributed by atoms with E-state index in [1.54, 1.807) is 0 Å². The molecule has 1 fully saturated rings. The third-order valence-corrected chi connectivity index (χ3v) is 9.02. The van der Waals surface area contributed by atoms with E-state index in [2.05, 4.69) is 31.4 Å². The van der Waals surface area contributed by atoms with Crippen LogP contribution in [0.4, 0.5) is 5.13 Å². The molecule has 1 aromatic heterocycles. The molecule has 0 saturated carbocycles. The SMILES string of the molecule is CS(=O)(=O)C/C=C\SC1=C(C(=O)O)N2C(=O)C(NC(=O)/C(=N\O)c3nc(N)sc3Br)[C@H]2SC1. The highest BCUT2D eigenvalue weighted by Crippen LogP contribution is 2.43. The van der Waals surface area contributed by atoms with Gasteiger partial charge in [-0.3, -0.25) is 14.5 Å². The number of aromatic nitrogens is 1. The zero-order chi connectivity index (χ0) is 24.5. The number of β-lactam (4-membered cyclic amide) rings is 1. The van der Waals surface area contributed by atoms with Gasteiger partial charge in [0.15, 0.2) is 20.7 Å². The average Bonchev–Trinajstić information content (AvgIpc) is 3.06. The van der Waals surface area contributed by atoms with Crippen LogP contribution in [-0.2, 0) is 24.2 Å². The summed E-state index contributed by atoms with van der Waals surface area (Å²) in [6.07, 6.45) is 2.47. The van der Waals surface area contributed by atoms with Crippen LogP contribution in [-0.4, -0.2) is 81.3 Å². The van der Waals surface area contributed by atoms with Crippen molar-refractivity contribution in [2.45, 2.75) is 11.4 Å². The molecule has 0 radical (unpaired) electrons. The Kier molecular flexibility index (Phi) is 7.77. The Balaban J connectivity index is 1.75. The molecule has 178 valence electrons. The fourth-order valence-corrected chi connectivity index (χ4v) is 7.12. The van der Waals surface area contributed by atoms with Crippen molar-refractivity contribution in [3.05, 3.63) is 31.6 Å². The number of nitrogen functional groups attached to an aromatic ring is 1. The van der Waals surface area contributed by atoms with Crippen LogP contribution in [0.25, 0.3) is 0 Å². The maximum atomic E-state index is 12.7. The van der Waals surface area contributed by atoms with Gasteiger partial charge >= 0.3 is 5.97 Å². The Morgan fingerprint density at radius 3 is 2.73 bits per heavy atom. The molecule has 1 aromatic rings. The number of carboxylic acids is 1. The van der Waals surface area contributed by atoms with Crippen LogP contribution in [0.3, 0.4) is 0 Å². The van der Waals surface area contributed by atoms with Gasteiger partial charge in [0, 0.05) is 16.9 Å². The summed E-state index contributed by atoms with van der Waals surface area (Å²) < 4.78 is 22.8. The lowest BCUT2D eigenvalue weighted by Gasteiger charge is -2.49. The quantitative estimate of drug-likeness (QED) is 0.142. The van der Waals surface area contributed by atoms with E-state index in [9.17, 15) is 33.1 Å². The summed E-state index contributed by atoms with van der Waals surface area (Å²) in [5.74, 6) is -2.82. The van der Waals surface area contributed by atoms with Gasteiger partial charge in [0.05, 0.1) is 5.75 Å². The molecule has 0 spiro atoms. The van der Waals surface area contributed by atoms with Crippen LogP contribution in [0.5, 0.6) is 0 Å². The number of amides is 2. The Morgan fingerprint density at radius 2 is 2.18 bits per heavy atom. The predicted octanol–water partition coefficient (Wildman–Crippen LogP) is 0.654. The first-order valence-electron chi connectivity index (χ1n) is 8.80. The summed E-state index contributed by atoms with van der Waals surface area (Å²) >= 11 is 6.44. The van der Waals surface area contributed by atoms with Gasteiger partial charge in [-0.05, 0) is 21.3 Å². The number of halogens is 1. The number of carboxylic acid groups (broad SMARTS) is 1. The second-order valence-electron chi connectivity index (χ2n) is 6.64. The predicted molar refractivity (Wildman–Crippen MR) is 129 cm³/mol. The summed E-state index contributed by atoms with van der Waals surface area (Å²) in [5, 5.41) is 25.3. The summed E-state index contributed by atoms with van der Waals surface area (Å²) in [4.78, 5) is 42.5. The number of carbonyl (C=O) groups excluding carboxylic acids is 2. The molecular weight excluding hydrogens is 582 g/mol. The molecule has 3 heterocycles. The minimum atomic E-state index is -3.21. The zero-order valence-electron chi connectivity index (χ0n) is 16.6. The number of carbonyl (C=O) groups is 3. The number of thioether (sulfide) groups is 2. The smallest absolute Gasteiger partial charge is 0.353 e. The van der Waals surface area contributed by atoms with Crippen LogP contribution in [0.2, 0.25) is 0 Å². The lowest BCUT2D eigenvalue weighted by Crippen LogP contribution is -2.71. The van der Waals surface area contributed by atoms with Gasteiger partial charge in [0.2, 0.25) is 0 Å². The summed E-state index contributed by atoms with van der Waals surface area (Å²) in [6.45, 7) is 0. The Labute approximate surface area is 208 Å². The Bertz CT molecular complexity index is 1210. The molecule has 0 aromatic carbocycles. The largest absolute Gasteiger partial charge is 0.477 e. The number of oxime groups is 1. The van der Waals surface area contributed by atoms with Gasteiger partial charge in [-0.15, -0.1) is 11.8 Å². The van der Waals surface area contributed by atoms with Gasteiger partial charge in [-0.2, -0.15) is 0 Å². The highest BCUT2D eigenvalue weighted by molar-refractivity contribution is 9.11. The average molecular weight is 599 g/mol. The number of hydrogen-bond donors (Lipinski definition) is 4. The van der Waals surface area contributed by atoms with E-state index < -0.39 is 44.7 Å². The first-order valence-corrected chi connectivity index (χ1v) is 14.4. The Hall–Kier alpha value is -2.08. The Morgan fingerprint density at radius 1 is 1.48 bits per heavy atom. The maximum absolute atomic E-state index is 12.7. The van der Waals surface area contributed by atoms with Crippen molar-refractivity contribution in [3.63, 3.8) is 0 Å². The van der Waals surface area contributed by atoms with Gasteiger partial charge in [0.25, 0.3) is 11.8 Å². The number of sulfone groups is 1. The number of fused-ring (bicyclic) bond motifs is 1. The van der Waals surface area contributed by atoms with E-state index >= 15 is 0 Å². The van der Waals surface area contributed by atoms with Crippen molar-refractivity contribution in [2.75, 3.05) is 23.5 Å². The summed E-state index contributed by atoms with van der Waals surface area (Å²) in [7, 11) is -3.21. The standard InChI is InChI=1S/C16H16BrN5O7S4/c1-33(28,29)4-2-3-30-6-5-31-14-9(13(24)22(14)10(6)15(25)26)19-12(23)8(21-27)7-11(17)32-16(18)20-7/h2-3,9,14,27H,4-5H2,1H3,(H2,18,20)(H,19,23)(H,25,26)/b3-2-,21-8-/t9?,14-/m1/s1. The van der Waals surface area contributed by atoms with Crippen molar-refractivity contribution >= 4 is 89.3 Å². The van der Waals surface area contributed by atoms with Crippen molar-refractivity contribution in [1.82, 2.24) is 15.2 Å². The number of aliphatic carboxylic acids is 1. The summed E-state index contributed by atoms with van der Waals surface area (Å²) in [5.41, 5.74) is 4.91. The number of anilines is 1. The van der Waals surface area contributed by atoms with Gasteiger partial charge < -0.3 is 21.4 Å². The van der Waals surface area contributed by atoms with Crippen molar-refractivity contribution in [3.8, 4) is 0 Å². The minimum absolute atomic E-state index is 0.00288. The number of nitrogens with zero attached hydrogens (tertiary/aromatic N) is 3. The molecule has 0 bridgehead atoms. The van der Waals surface area contributed by atoms with E-state index in [0.717, 1.165) is 34.3 Å². The molecule has 12 nitrogen and oxygen atoms in total. The molecule has 3 rings (SSSR count). The first kappa shape index (κ1) is 25.5. The van der Waals surface area contributed by atoms with Gasteiger partial charge in [-0.25, -0.2) is 18.2 Å². The van der Waals surface area contributed by atoms with E-state index in [1.165, 1.54) is 23.2 Å². The molecule has 2 amide bonds. The number of nitrogens with two attached hydrogens (primary N) is 1. The van der Waals surface area contributed by atoms with E-state index in [0.29, 0.717) is 8.69 Å². The molecule has 2 aliphatic rings. The molecule has 2 aliphatic heterocycles. The fraction of sp³-hybridized carbons (Fsp3) is 0.312. The van der Waals surface area contributed by atoms with Crippen LogP contribution in [0, 0.1) is 0 Å². The molecule has 2 atom stereocenters. The number of thiazole rings is 1. The first-order chi connectivity index (χ1) is 15.4. The van der Waals surface area contributed by atoms with Crippen LogP contribution in [0.15, 0.2) is 31.0 Å². The molecule has 1 unspecified atom stereocenters. The second-order valence-corrected chi connectivity index (χ2v) is 13.3. The third-order valence-electron chi connectivity index (χ3n) is 4.27. The van der Waals surface area contributed by atoms with Crippen molar-refractivity contribution < 1.29 is 33.1 Å². The lowest BCUT2D eigenvalue weighted by molar-refractivity contribution is -0.150. The van der Waals surface area contributed by atoms with Crippen LogP contribution >= 0.6 is 50.8 Å². The number of hydrogen-bond acceptors (Lipinski definition) is 12. The van der Waals surface area contributed by atoms with Gasteiger partial charge in [0.1, 0.15) is 26.6 Å². The van der Waals surface area contributed by atoms with Crippen molar-refractivity contribution in [2.24, 2.45) is 5.16 Å². The number of nitrogens with one attached hydrogen (secondary N) is 1. The highest BCUT2D eigenvalue weighted by Gasteiger charge is 2.54. The minimum Gasteiger partial charge on any atom is -0.477 e. The summed E-state index contributed by atoms with van der Waals surface area (Å²) in [6, 6.07) is -1.05. The fourth-order valence-electron chi connectivity index (χ4n) is 2.90. The van der Waals surface area contributed by atoms with Crippen molar-refractivity contribution in [1.29, 1.82) is 0 Å². The number of rotatable bonds is 8. The highest BCUT2D eigenvalue weighted by atomic mass is 79.9. The van der Waals surface area contributed by atoms with Crippen LogP contribution < -0.4 is 11.1 Å². The normalized spacial score (nSPS) is 21.2. The van der Waals surface area contributed by atoms with E-state index in [1.807, 2.05) is 0 Å². The molecule has 33 heavy (non-hydrogen) atoms. The third kappa shape index (κ3) is 5.53. The second kappa shape index (κ2) is 10.0. The maximum Gasteiger partial charge on any atom is 0.353 e. The molecule has 0 aliphatic carbocycles. The van der Waals surface area contributed by atoms with Gasteiger partial charge in [-0.1, -0.05) is 34.3 Å². The van der Waals surface area contributed by atoms with E-state index in [4.69, 9.17) is 5.73 Å². The monoisotopic (exact) mass is 597 g/mol. The molecule has 1 saturated heterocycles. The topological polar surface area (TPSA) is 192 Å². The molecular formula is C16H16BrN5O7S4.